The second-order valence-electron chi connectivity index (χ2n) is 2.85. The van der Waals surface area contributed by atoms with Crippen molar-refractivity contribution in [3.63, 3.8) is 0 Å². The summed E-state index contributed by atoms with van der Waals surface area (Å²) in [4.78, 5) is 0. The van der Waals surface area contributed by atoms with Gasteiger partial charge in [0.25, 0.3) is 10.1 Å². The lowest BCUT2D eigenvalue weighted by Gasteiger charge is -2.17. The van der Waals surface area contributed by atoms with Gasteiger partial charge in [-0.2, -0.15) is 21.6 Å². The van der Waals surface area contributed by atoms with Crippen LogP contribution in [0.5, 0.6) is 0 Å². The number of hydrogen-bond acceptors (Lipinski definition) is 2. The van der Waals surface area contributed by atoms with E-state index in [1.165, 1.54) is 18.2 Å². The van der Waals surface area contributed by atoms with E-state index in [4.69, 9.17) is 4.55 Å². The van der Waals surface area contributed by atoms with Crippen LogP contribution in [0.15, 0.2) is 30.3 Å². The van der Waals surface area contributed by atoms with Crippen LogP contribution in [-0.4, -0.2) is 19.1 Å². The van der Waals surface area contributed by atoms with Crippen molar-refractivity contribution in [2.45, 2.75) is 11.4 Å². The van der Waals surface area contributed by atoms with Gasteiger partial charge in [0.15, 0.2) is 0 Å². The van der Waals surface area contributed by atoms with E-state index in [0.29, 0.717) is 0 Å². The second-order valence-corrected chi connectivity index (χ2v) is 4.35. The van der Waals surface area contributed by atoms with E-state index in [0.717, 1.165) is 12.1 Å². The molecule has 84 valence electrons. The summed E-state index contributed by atoms with van der Waals surface area (Å²) in [5.41, 5.74) is -0.507. The van der Waals surface area contributed by atoms with Crippen LogP contribution in [0.25, 0.3) is 0 Å². The summed E-state index contributed by atoms with van der Waals surface area (Å²) in [7, 11) is -5.20. The molecule has 1 atom stereocenters. The maximum absolute atomic E-state index is 12.4. The predicted octanol–water partition coefficient (Wildman–Crippen LogP) is 2.18. The Morgan fingerprint density at radius 1 is 1.13 bits per heavy atom. The lowest BCUT2D eigenvalue weighted by molar-refractivity contribution is -0.132. The molecule has 1 rings (SSSR count). The molecule has 0 saturated carbocycles. The van der Waals surface area contributed by atoms with Crippen molar-refractivity contribution >= 4 is 10.1 Å². The van der Waals surface area contributed by atoms with Gasteiger partial charge in [0.05, 0.1) is 0 Å². The van der Waals surface area contributed by atoms with Crippen molar-refractivity contribution in [2.75, 3.05) is 0 Å². The highest BCUT2D eigenvalue weighted by Crippen LogP contribution is 2.38. The van der Waals surface area contributed by atoms with Gasteiger partial charge in [-0.15, -0.1) is 0 Å². The maximum Gasteiger partial charge on any atom is 0.411 e. The van der Waals surface area contributed by atoms with E-state index in [1.54, 1.807) is 0 Å². The van der Waals surface area contributed by atoms with E-state index in [1.807, 2.05) is 0 Å². The highest BCUT2D eigenvalue weighted by atomic mass is 32.2. The first-order valence-corrected chi connectivity index (χ1v) is 5.31. The number of rotatable bonds is 2. The van der Waals surface area contributed by atoms with E-state index in [9.17, 15) is 21.6 Å². The molecule has 0 bridgehead atoms. The SMILES string of the molecule is O=S(=O)(O)C(c1ccccc1)C(F)(F)F. The van der Waals surface area contributed by atoms with Crippen molar-refractivity contribution in [2.24, 2.45) is 0 Å². The molecule has 0 amide bonds. The van der Waals surface area contributed by atoms with E-state index in [-0.39, 0.29) is 0 Å². The average Bonchev–Trinajstić information content (AvgIpc) is 2.00. The van der Waals surface area contributed by atoms with Crippen LogP contribution in [0, 0.1) is 0 Å². The smallest absolute Gasteiger partial charge is 0.285 e. The molecule has 0 spiro atoms. The molecule has 0 fully saturated rings. The lowest BCUT2D eigenvalue weighted by Crippen LogP contribution is -2.28. The monoisotopic (exact) mass is 240 g/mol. The fourth-order valence-electron chi connectivity index (χ4n) is 1.16. The van der Waals surface area contributed by atoms with Gasteiger partial charge in [0.1, 0.15) is 0 Å². The molecule has 0 aliphatic rings. The van der Waals surface area contributed by atoms with Crippen molar-refractivity contribution in [1.29, 1.82) is 0 Å². The summed E-state index contributed by atoms with van der Waals surface area (Å²) < 4.78 is 66.8. The zero-order valence-electron chi connectivity index (χ0n) is 7.27. The van der Waals surface area contributed by atoms with Gasteiger partial charge in [0, 0.05) is 0 Å². The highest BCUT2D eigenvalue weighted by Gasteiger charge is 2.49. The maximum atomic E-state index is 12.4. The Morgan fingerprint density at radius 3 is 1.93 bits per heavy atom. The topological polar surface area (TPSA) is 54.4 Å². The minimum absolute atomic E-state index is 0.507. The molecule has 0 aliphatic carbocycles. The molecule has 0 saturated heterocycles. The summed E-state index contributed by atoms with van der Waals surface area (Å²) in [5.74, 6) is 0. The first-order valence-electron chi connectivity index (χ1n) is 3.81. The van der Waals surface area contributed by atoms with Gasteiger partial charge in [-0.25, -0.2) is 0 Å². The van der Waals surface area contributed by atoms with Crippen LogP contribution < -0.4 is 0 Å². The zero-order valence-corrected chi connectivity index (χ0v) is 8.09. The van der Waals surface area contributed by atoms with Gasteiger partial charge in [0.2, 0.25) is 5.25 Å². The molecule has 1 N–H and O–H groups in total. The standard InChI is InChI=1S/C8H7F3O3S/c9-8(10,11)7(15(12,13)14)6-4-2-1-3-5-6/h1-5,7H,(H,12,13,14). The number of benzene rings is 1. The average molecular weight is 240 g/mol. The number of alkyl halides is 3. The quantitative estimate of drug-likeness (QED) is 0.806. The molecule has 0 aliphatic heterocycles. The highest BCUT2D eigenvalue weighted by molar-refractivity contribution is 7.86. The summed E-state index contributed by atoms with van der Waals surface area (Å²) >= 11 is 0. The Kier molecular flexibility index (Phi) is 3.05. The predicted molar refractivity (Wildman–Crippen MR) is 46.8 cm³/mol. The minimum atomic E-state index is -5.20. The van der Waals surface area contributed by atoms with Crippen molar-refractivity contribution in [3.8, 4) is 0 Å². The lowest BCUT2D eigenvalue weighted by atomic mass is 10.1. The molecule has 0 radical (unpaired) electrons. The zero-order chi connectivity index (χ0) is 11.7. The van der Waals surface area contributed by atoms with Gasteiger partial charge in [-0.3, -0.25) is 4.55 Å². The van der Waals surface area contributed by atoms with E-state index < -0.39 is 27.1 Å². The van der Waals surface area contributed by atoms with E-state index in [2.05, 4.69) is 0 Å². The van der Waals surface area contributed by atoms with Crippen LogP contribution in [0.2, 0.25) is 0 Å². The third-order valence-electron chi connectivity index (χ3n) is 1.70. The molecular formula is C8H7F3O3S. The van der Waals surface area contributed by atoms with Crippen LogP contribution in [0.4, 0.5) is 13.2 Å². The van der Waals surface area contributed by atoms with Crippen molar-refractivity contribution in [1.82, 2.24) is 0 Å². The normalized spacial score (nSPS) is 14.9. The summed E-state index contributed by atoms with van der Waals surface area (Å²) in [6, 6.07) is 5.96. The third-order valence-corrected chi connectivity index (χ3v) is 2.83. The Labute approximate surface area is 84.3 Å². The fraction of sp³-hybridized carbons (Fsp3) is 0.250. The first kappa shape index (κ1) is 12.0. The number of halogens is 3. The third kappa shape index (κ3) is 2.93. The molecule has 0 heterocycles. The van der Waals surface area contributed by atoms with Gasteiger partial charge >= 0.3 is 6.18 Å². The molecule has 7 heteroatoms. The molecular weight excluding hydrogens is 233 g/mol. The van der Waals surface area contributed by atoms with Crippen LogP contribution in [0.1, 0.15) is 10.8 Å². The summed E-state index contributed by atoms with van der Waals surface area (Å²) in [6.45, 7) is 0. The largest absolute Gasteiger partial charge is 0.411 e. The Bertz CT molecular complexity index is 424. The second kappa shape index (κ2) is 3.82. The van der Waals surface area contributed by atoms with Crippen LogP contribution >= 0.6 is 0 Å². The molecule has 1 aromatic carbocycles. The first-order chi connectivity index (χ1) is 6.73. The minimum Gasteiger partial charge on any atom is -0.285 e. The Balaban J connectivity index is 3.27. The van der Waals surface area contributed by atoms with Crippen molar-refractivity contribution < 1.29 is 26.1 Å². The fourth-order valence-corrected chi connectivity index (χ4v) is 2.00. The van der Waals surface area contributed by atoms with Crippen LogP contribution in [0.3, 0.4) is 0 Å². The van der Waals surface area contributed by atoms with E-state index >= 15 is 0 Å². The molecule has 0 aromatic heterocycles. The molecule has 1 unspecified atom stereocenters. The molecule has 1 aromatic rings. The van der Waals surface area contributed by atoms with Gasteiger partial charge < -0.3 is 0 Å². The van der Waals surface area contributed by atoms with Crippen molar-refractivity contribution in [3.05, 3.63) is 35.9 Å². The van der Waals surface area contributed by atoms with Gasteiger partial charge in [-0.05, 0) is 5.56 Å². The van der Waals surface area contributed by atoms with Gasteiger partial charge in [-0.1, -0.05) is 30.3 Å². The summed E-state index contributed by atoms with van der Waals surface area (Å²) in [6.07, 6.45) is -5.03. The number of hydrogen-bond donors (Lipinski definition) is 1. The molecule has 15 heavy (non-hydrogen) atoms. The Morgan fingerprint density at radius 2 is 1.60 bits per heavy atom. The molecule has 3 nitrogen and oxygen atoms in total. The summed E-state index contributed by atoms with van der Waals surface area (Å²) in [5, 5.41) is -2.88. The Hall–Kier alpha value is -1.08. The van der Waals surface area contributed by atoms with Crippen LogP contribution in [-0.2, 0) is 10.1 Å².